The molecule has 0 fully saturated rings. The lowest BCUT2D eigenvalue weighted by Crippen LogP contribution is -2.33. The lowest BCUT2D eigenvalue weighted by atomic mass is 10.1. The van der Waals surface area contributed by atoms with Crippen molar-refractivity contribution in [3.8, 4) is 5.75 Å². The fourth-order valence-corrected chi connectivity index (χ4v) is 1.88. The van der Waals surface area contributed by atoms with E-state index in [2.05, 4.69) is 18.7 Å². The standard InChI is InChI=1S/C14H23NO2/c1-4-15(5-2)11-13(16)10-12-6-8-14(17-3)9-7-12/h6-9,13,16H,4-5,10-11H2,1-3H3/t13-/m1/s1. The SMILES string of the molecule is CCN(CC)C[C@H](O)Cc1ccc(OC)cc1. The molecule has 0 unspecified atom stereocenters. The maximum Gasteiger partial charge on any atom is 0.118 e. The molecule has 3 nitrogen and oxygen atoms in total. The monoisotopic (exact) mass is 237 g/mol. The van der Waals surface area contributed by atoms with Crippen LogP contribution in [0.4, 0.5) is 0 Å². The van der Waals surface area contributed by atoms with Gasteiger partial charge in [-0.15, -0.1) is 0 Å². The molecule has 17 heavy (non-hydrogen) atoms. The van der Waals surface area contributed by atoms with Gasteiger partial charge in [0, 0.05) is 6.54 Å². The molecule has 0 saturated carbocycles. The minimum atomic E-state index is -0.303. The van der Waals surface area contributed by atoms with Gasteiger partial charge in [0.2, 0.25) is 0 Å². The minimum Gasteiger partial charge on any atom is -0.497 e. The fraction of sp³-hybridized carbons (Fsp3) is 0.571. The van der Waals surface area contributed by atoms with E-state index in [4.69, 9.17) is 4.74 Å². The van der Waals surface area contributed by atoms with Crippen molar-refractivity contribution in [2.45, 2.75) is 26.4 Å². The number of benzene rings is 1. The van der Waals surface area contributed by atoms with Crippen LogP contribution in [0.1, 0.15) is 19.4 Å². The third-order valence-corrected chi connectivity index (χ3v) is 2.99. The van der Waals surface area contributed by atoms with Gasteiger partial charge in [-0.25, -0.2) is 0 Å². The second kappa shape index (κ2) is 7.30. The highest BCUT2D eigenvalue weighted by molar-refractivity contribution is 5.27. The molecular weight excluding hydrogens is 214 g/mol. The fourth-order valence-electron chi connectivity index (χ4n) is 1.88. The molecule has 96 valence electrons. The van der Waals surface area contributed by atoms with E-state index in [0.29, 0.717) is 6.42 Å². The first-order valence-electron chi connectivity index (χ1n) is 6.22. The van der Waals surface area contributed by atoms with Crippen LogP contribution in [-0.2, 0) is 6.42 Å². The zero-order valence-corrected chi connectivity index (χ0v) is 11.0. The second-order valence-electron chi connectivity index (χ2n) is 4.19. The first-order chi connectivity index (χ1) is 8.19. The average molecular weight is 237 g/mol. The smallest absolute Gasteiger partial charge is 0.118 e. The molecule has 1 rings (SSSR count). The molecule has 0 aliphatic carbocycles. The van der Waals surface area contributed by atoms with Crippen molar-refractivity contribution in [3.63, 3.8) is 0 Å². The van der Waals surface area contributed by atoms with Crippen LogP contribution in [-0.4, -0.2) is 42.9 Å². The Morgan fingerprint density at radius 1 is 1.18 bits per heavy atom. The summed E-state index contributed by atoms with van der Waals surface area (Å²) >= 11 is 0. The third kappa shape index (κ3) is 4.75. The summed E-state index contributed by atoms with van der Waals surface area (Å²) in [6.45, 7) is 6.93. The first-order valence-corrected chi connectivity index (χ1v) is 6.22. The highest BCUT2D eigenvalue weighted by atomic mass is 16.5. The van der Waals surface area contributed by atoms with Gasteiger partial charge in [0.05, 0.1) is 13.2 Å². The molecule has 0 aliphatic heterocycles. The van der Waals surface area contributed by atoms with E-state index < -0.39 is 0 Å². The normalized spacial score (nSPS) is 12.8. The number of rotatable bonds is 7. The summed E-state index contributed by atoms with van der Waals surface area (Å²) in [6.07, 6.45) is 0.392. The summed E-state index contributed by atoms with van der Waals surface area (Å²) < 4.78 is 5.10. The van der Waals surface area contributed by atoms with Crippen LogP contribution < -0.4 is 4.74 Å². The molecule has 0 heterocycles. The largest absolute Gasteiger partial charge is 0.497 e. The molecule has 0 radical (unpaired) electrons. The van der Waals surface area contributed by atoms with Crippen molar-refractivity contribution in [2.24, 2.45) is 0 Å². The zero-order chi connectivity index (χ0) is 12.7. The van der Waals surface area contributed by atoms with Gasteiger partial charge in [0.1, 0.15) is 5.75 Å². The van der Waals surface area contributed by atoms with Crippen molar-refractivity contribution >= 4 is 0 Å². The van der Waals surface area contributed by atoms with Gasteiger partial charge in [-0.05, 0) is 37.2 Å². The molecule has 1 N–H and O–H groups in total. The van der Waals surface area contributed by atoms with E-state index in [1.54, 1.807) is 7.11 Å². The third-order valence-electron chi connectivity index (χ3n) is 2.99. The lowest BCUT2D eigenvalue weighted by molar-refractivity contribution is 0.118. The molecule has 0 aromatic heterocycles. The summed E-state index contributed by atoms with van der Waals surface area (Å²) in [5, 5.41) is 9.99. The summed E-state index contributed by atoms with van der Waals surface area (Å²) in [5.41, 5.74) is 1.14. The number of aliphatic hydroxyl groups is 1. The summed E-state index contributed by atoms with van der Waals surface area (Å²) in [4.78, 5) is 2.23. The van der Waals surface area contributed by atoms with Crippen LogP contribution in [0.3, 0.4) is 0 Å². The van der Waals surface area contributed by atoms with Gasteiger partial charge in [-0.1, -0.05) is 26.0 Å². The maximum atomic E-state index is 9.99. The molecular formula is C14H23NO2. The summed E-state index contributed by atoms with van der Waals surface area (Å²) in [7, 11) is 1.66. The van der Waals surface area contributed by atoms with Crippen molar-refractivity contribution in [3.05, 3.63) is 29.8 Å². The molecule has 1 atom stereocenters. The molecule has 0 saturated heterocycles. The Kier molecular flexibility index (Phi) is 6.01. The van der Waals surface area contributed by atoms with E-state index in [0.717, 1.165) is 30.9 Å². The molecule has 1 aromatic carbocycles. The van der Waals surface area contributed by atoms with E-state index in [1.165, 1.54) is 0 Å². The lowest BCUT2D eigenvalue weighted by Gasteiger charge is -2.21. The molecule has 0 amide bonds. The number of likely N-dealkylation sites (N-methyl/N-ethyl adjacent to an activating group) is 1. The Morgan fingerprint density at radius 3 is 2.24 bits per heavy atom. The summed E-state index contributed by atoms with van der Waals surface area (Å²) in [6, 6.07) is 7.87. The Balaban J connectivity index is 2.46. The van der Waals surface area contributed by atoms with E-state index >= 15 is 0 Å². The van der Waals surface area contributed by atoms with Gasteiger partial charge in [-0.3, -0.25) is 0 Å². The van der Waals surface area contributed by atoms with Crippen LogP contribution in [0, 0.1) is 0 Å². The van der Waals surface area contributed by atoms with Crippen molar-refractivity contribution < 1.29 is 9.84 Å². The second-order valence-corrected chi connectivity index (χ2v) is 4.19. The number of aliphatic hydroxyl groups excluding tert-OH is 1. The average Bonchev–Trinajstić information content (AvgIpc) is 2.37. The van der Waals surface area contributed by atoms with Gasteiger partial charge in [0.25, 0.3) is 0 Å². The maximum absolute atomic E-state index is 9.99. The number of hydrogen-bond acceptors (Lipinski definition) is 3. The molecule has 0 bridgehead atoms. The highest BCUT2D eigenvalue weighted by Crippen LogP contribution is 2.13. The quantitative estimate of drug-likeness (QED) is 0.786. The van der Waals surface area contributed by atoms with Crippen LogP contribution >= 0.6 is 0 Å². The molecule has 3 heteroatoms. The Bertz CT molecular complexity index is 307. The summed E-state index contributed by atoms with van der Waals surface area (Å²) in [5.74, 6) is 0.854. The van der Waals surface area contributed by atoms with Gasteiger partial charge < -0.3 is 14.7 Å². The number of nitrogens with zero attached hydrogens (tertiary/aromatic N) is 1. The number of hydrogen-bond donors (Lipinski definition) is 1. The van der Waals surface area contributed by atoms with Crippen LogP contribution in [0.15, 0.2) is 24.3 Å². The van der Waals surface area contributed by atoms with Crippen LogP contribution in [0.25, 0.3) is 0 Å². The molecule has 0 aliphatic rings. The van der Waals surface area contributed by atoms with Crippen molar-refractivity contribution in [1.82, 2.24) is 4.90 Å². The Labute approximate surface area is 104 Å². The van der Waals surface area contributed by atoms with Gasteiger partial charge in [0.15, 0.2) is 0 Å². The zero-order valence-electron chi connectivity index (χ0n) is 11.0. The van der Waals surface area contributed by atoms with Gasteiger partial charge >= 0.3 is 0 Å². The van der Waals surface area contributed by atoms with Crippen molar-refractivity contribution in [1.29, 1.82) is 0 Å². The molecule has 0 spiro atoms. The number of ether oxygens (including phenoxy) is 1. The predicted molar refractivity (Wildman–Crippen MR) is 70.5 cm³/mol. The van der Waals surface area contributed by atoms with E-state index in [-0.39, 0.29) is 6.10 Å². The topological polar surface area (TPSA) is 32.7 Å². The Hall–Kier alpha value is -1.06. The predicted octanol–water partition coefficient (Wildman–Crippen LogP) is 1.94. The molecule has 1 aromatic rings. The van der Waals surface area contributed by atoms with Gasteiger partial charge in [-0.2, -0.15) is 0 Å². The van der Waals surface area contributed by atoms with E-state index in [1.807, 2.05) is 24.3 Å². The Morgan fingerprint density at radius 2 is 1.76 bits per heavy atom. The van der Waals surface area contributed by atoms with Crippen LogP contribution in [0.5, 0.6) is 5.75 Å². The number of methoxy groups -OCH3 is 1. The van der Waals surface area contributed by atoms with E-state index in [9.17, 15) is 5.11 Å². The highest BCUT2D eigenvalue weighted by Gasteiger charge is 2.09. The first kappa shape index (κ1) is 14.0. The minimum absolute atomic E-state index is 0.303. The van der Waals surface area contributed by atoms with Crippen molar-refractivity contribution in [2.75, 3.05) is 26.7 Å². The van der Waals surface area contributed by atoms with Crippen LogP contribution in [0.2, 0.25) is 0 Å².